The van der Waals surface area contributed by atoms with E-state index in [0.717, 1.165) is 11.1 Å². The van der Waals surface area contributed by atoms with Gasteiger partial charge in [-0.2, -0.15) is 5.10 Å². The van der Waals surface area contributed by atoms with Gasteiger partial charge < -0.3 is 14.8 Å². The lowest BCUT2D eigenvalue weighted by molar-refractivity contribution is 0.102. The first-order valence-corrected chi connectivity index (χ1v) is 8.25. The van der Waals surface area contributed by atoms with Crippen molar-refractivity contribution < 1.29 is 14.3 Å². The zero-order valence-electron chi connectivity index (χ0n) is 14.6. The van der Waals surface area contributed by atoms with Crippen LogP contribution in [0.5, 0.6) is 11.5 Å². The van der Waals surface area contributed by atoms with E-state index in [1.54, 1.807) is 38.5 Å². The Bertz CT molecular complexity index is 933. The number of ether oxygens (including phenoxy) is 2. The number of H-pyrrole nitrogens is 1. The minimum absolute atomic E-state index is 0.317. The minimum Gasteiger partial charge on any atom is -0.497 e. The number of hydrogen-bond donors (Lipinski definition) is 2. The van der Waals surface area contributed by atoms with Gasteiger partial charge in [-0.15, -0.1) is 0 Å². The molecule has 0 aliphatic carbocycles. The van der Waals surface area contributed by atoms with E-state index in [9.17, 15) is 4.79 Å². The van der Waals surface area contributed by atoms with Gasteiger partial charge in [0.15, 0.2) is 0 Å². The predicted octanol–water partition coefficient (Wildman–Crippen LogP) is 4.31. The fourth-order valence-electron chi connectivity index (χ4n) is 2.56. The third-order valence-electron chi connectivity index (χ3n) is 3.97. The zero-order valence-corrected chi connectivity index (χ0v) is 15.3. The van der Waals surface area contributed by atoms with Crippen LogP contribution in [0.15, 0.2) is 42.5 Å². The normalized spacial score (nSPS) is 10.5. The zero-order chi connectivity index (χ0) is 18.7. The van der Waals surface area contributed by atoms with Crippen LogP contribution in [-0.2, 0) is 0 Å². The van der Waals surface area contributed by atoms with E-state index in [1.165, 1.54) is 0 Å². The number of carbonyl (C=O) groups excluding carboxylic acids is 1. The molecule has 0 atom stereocenters. The Morgan fingerprint density at radius 2 is 1.96 bits per heavy atom. The number of halogens is 1. The maximum atomic E-state index is 12.5. The molecule has 0 spiro atoms. The molecule has 0 saturated heterocycles. The Labute approximate surface area is 156 Å². The van der Waals surface area contributed by atoms with Crippen molar-refractivity contribution in [2.24, 2.45) is 0 Å². The lowest BCUT2D eigenvalue weighted by Crippen LogP contribution is -2.13. The van der Waals surface area contributed by atoms with Gasteiger partial charge in [0.05, 0.1) is 30.6 Å². The van der Waals surface area contributed by atoms with Gasteiger partial charge >= 0.3 is 0 Å². The second-order valence-corrected chi connectivity index (χ2v) is 6.03. The molecule has 3 aromatic rings. The molecule has 0 aliphatic heterocycles. The second-order valence-electron chi connectivity index (χ2n) is 5.62. The summed E-state index contributed by atoms with van der Waals surface area (Å²) in [7, 11) is 3.15. The summed E-state index contributed by atoms with van der Waals surface area (Å²) in [6.07, 6.45) is 0. The number of aromatic nitrogens is 2. The number of hydrogen-bond acceptors (Lipinski definition) is 4. The first-order chi connectivity index (χ1) is 12.5. The number of nitrogens with one attached hydrogen (secondary N) is 2. The van der Waals surface area contributed by atoms with Crippen molar-refractivity contribution in [1.82, 2.24) is 10.2 Å². The summed E-state index contributed by atoms with van der Waals surface area (Å²) in [5, 5.41) is 10.3. The van der Waals surface area contributed by atoms with Crippen LogP contribution < -0.4 is 14.8 Å². The highest BCUT2D eigenvalue weighted by Crippen LogP contribution is 2.32. The molecule has 0 radical (unpaired) electrons. The van der Waals surface area contributed by atoms with Crippen LogP contribution in [0.3, 0.4) is 0 Å². The van der Waals surface area contributed by atoms with Gasteiger partial charge in [0.1, 0.15) is 17.2 Å². The smallest absolute Gasteiger partial charge is 0.273 e. The molecule has 0 bridgehead atoms. The highest BCUT2D eigenvalue weighted by Gasteiger charge is 2.16. The van der Waals surface area contributed by atoms with E-state index in [-0.39, 0.29) is 5.91 Å². The van der Waals surface area contributed by atoms with E-state index in [2.05, 4.69) is 15.5 Å². The number of aryl methyl sites for hydroxylation is 1. The van der Waals surface area contributed by atoms with Crippen molar-refractivity contribution in [3.05, 3.63) is 58.7 Å². The van der Waals surface area contributed by atoms with Crippen molar-refractivity contribution in [2.75, 3.05) is 19.5 Å². The third kappa shape index (κ3) is 3.50. The molecule has 6 nitrogen and oxygen atoms in total. The first-order valence-electron chi connectivity index (χ1n) is 7.87. The monoisotopic (exact) mass is 371 g/mol. The second kappa shape index (κ2) is 7.49. The molecule has 1 aromatic heterocycles. The van der Waals surface area contributed by atoms with Crippen molar-refractivity contribution in [1.29, 1.82) is 0 Å². The summed E-state index contributed by atoms with van der Waals surface area (Å²) in [5.41, 5.74) is 3.11. The molecular formula is C19H18ClN3O3. The van der Waals surface area contributed by atoms with Crippen molar-refractivity contribution in [3.63, 3.8) is 0 Å². The fourth-order valence-corrected chi connectivity index (χ4v) is 2.83. The molecule has 134 valence electrons. The quantitative estimate of drug-likeness (QED) is 0.700. The minimum atomic E-state index is -0.326. The number of nitrogens with zero attached hydrogens (tertiary/aromatic N) is 1. The Morgan fingerprint density at radius 3 is 2.65 bits per heavy atom. The van der Waals surface area contributed by atoms with Crippen LogP contribution in [0, 0.1) is 6.92 Å². The van der Waals surface area contributed by atoms with Crippen molar-refractivity contribution in [2.45, 2.75) is 6.92 Å². The number of amides is 1. The van der Waals surface area contributed by atoms with Crippen molar-refractivity contribution >= 4 is 23.2 Å². The maximum absolute atomic E-state index is 12.5. The summed E-state index contributed by atoms with van der Waals surface area (Å²) < 4.78 is 10.6. The summed E-state index contributed by atoms with van der Waals surface area (Å²) in [5.74, 6) is 0.950. The Morgan fingerprint density at radius 1 is 1.15 bits per heavy atom. The molecule has 1 amide bonds. The average molecular weight is 372 g/mol. The largest absolute Gasteiger partial charge is 0.497 e. The summed E-state index contributed by atoms with van der Waals surface area (Å²) in [6.45, 7) is 1.88. The van der Waals surface area contributed by atoms with Gasteiger partial charge in [-0.3, -0.25) is 9.89 Å². The maximum Gasteiger partial charge on any atom is 0.273 e. The lowest BCUT2D eigenvalue weighted by Gasteiger charge is -2.09. The van der Waals surface area contributed by atoms with E-state index in [1.807, 2.05) is 25.1 Å². The van der Waals surface area contributed by atoms with Crippen molar-refractivity contribution in [3.8, 4) is 22.8 Å². The summed E-state index contributed by atoms with van der Waals surface area (Å²) >= 11 is 6.16. The predicted molar refractivity (Wildman–Crippen MR) is 101 cm³/mol. The molecule has 0 aliphatic rings. The standard InChI is InChI=1S/C19H18ClN3O3/c1-11-5-4-6-14(20)18(11)21-19(24)16-10-15(22-23-16)13-8-7-12(25-2)9-17(13)26-3/h4-10H,1-3H3,(H,21,24)(H,22,23). The lowest BCUT2D eigenvalue weighted by atomic mass is 10.1. The number of methoxy groups -OCH3 is 2. The van der Waals surface area contributed by atoms with E-state index >= 15 is 0 Å². The van der Waals surface area contributed by atoms with Gasteiger partial charge in [-0.25, -0.2) is 0 Å². The molecule has 1 heterocycles. The number of anilines is 1. The summed E-state index contributed by atoms with van der Waals surface area (Å²) in [6, 6.07) is 12.5. The van der Waals surface area contributed by atoms with Gasteiger partial charge in [-0.1, -0.05) is 23.7 Å². The van der Waals surface area contributed by atoms with Gasteiger partial charge in [0, 0.05) is 11.6 Å². The average Bonchev–Trinajstić information content (AvgIpc) is 3.14. The molecule has 0 unspecified atom stereocenters. The van der Waals surface area contributed by atoms with E-state index in [0.29, 0.717) is 33.6 Å². The van der Waals surface area contributed by atoms with Crippen LogP contribution in [0.25, 0.3) is 11.3 Å². The molecule has 0 saturated carbocycles. The van der Waals surface area contributed by atoms with Crippen LogP contribution in [0.1, 0.15) is 16.1 Å². The van der Waals surface area contributed by atoms with Gasteiger partial charge in [-0.05, 0) is 36.8 Å². The topological polar surface area (TPSA) is 76.2 Å². The van der Waals surface area contributed by atoms with Crippen LogP contribution in [0.2, 0.25) is 5.02 Å². The number of para-hydroxylation sites is 1. The fraction of sp³-hybridized carbons (Fsp3) is 0.158. The number of benzene rings is 2. The Balaban J connectivity index is 1.87. The van der Waals surface area contributed by atoms with Crippen LogP contribution in [-0.4, -0.2) is 30.3 Å². The molecule has 0 fully saturated rings. The number of carbonyl (C=O) groups is 1. The Kier molecular flexibility index (Phi) is 5.14. The summed E-state index contributed by atoms with van der Waals surface area (Å²) in [4.78, 5) is 12.5. The molecule has 3 rings (SSSR count). The highest BCUT2D eigenvalue weighted by atomic mass is 35.5. The highest BCUT2D eigenvalue weighted by molar-refractivity contribution is 6.34. The molecular weight excluding hydrogens is 354 g/mol. The van der Waals surface area contributed by atoms with E-state index in [4.69, 9.17) is 21.1 Å². The SMILES string of the molecule is COc1ccc(-c2cc(C(=O)Nc3c(C)cccc3Cl)[nH]n2)c(OC)c1. The van der Waals surface area contributed by atoms with Gasteiger partial charge in [0.25, 0.3) is 5.91 Å². The molecule has 2 aromatic carbocycles. The van der Waals surface area contributed by atoms with Crippen LogP contribution >= 0.6 is 11.6 Å². The first kappa shape index (κ1) is 17.8. The van der Waals surface area contributed by atoms with Gasteiger partial charge in [0.2, 0.25) is 0 Å². The number of rotatable bonds is 5. The van der Waals surface area contributed by atoms with E-state index < -0.39 is 0 Å². The number of aromatic amines is 1. The Hall–Kier alpha value is -2.99. The molecule has 26 heavy (non-hydrogen) atoms. The molecule has 7 heteroatoms. The van der Waals surface area contributed by atoms with Crippen LogP contribution in [0.4, 0.5) is 5.69 Å². The molecule has 2 N–H and O–H groups in total. The third-order valence-corrected chi connectivity index (χ3v) is 4.28.